The molecule has 0 radical (unpaired) electrons. The number of nitro groups is 1. The Bertz CT molecular complexity index is 1090. The first kappa shape index (κ1) is 15.6. The van der Waals surface area contributed by atoms with Gasteiger partial charge in [0, 0.05) is 21.6 Å². The molecule has 0 atom stereocenters. The second kappa shape index (κ2) is 6.18. The van der Waals surface area contributed by atoms with Gasteiger partial charge < -0.3 is 4.57 Å². The standard InChI is InChI=1S/C20H13BrN2O2/c21-15-10-11-19(23(24)25)17(13-15)20-12-14-6-4-5-9-18(14)22(20)16-7-2-1-3-8-16/h1-13H. The topological polar surface area (TPSA) is 48.1 Å². The van der Waals surface area contributed by atoms with E-state index in [1.54, 1.807) is 12.1 Å². The molecule has 0 aliphatic rings. The first-order valence-corrected chi connectivity index (χ1v) is 8.54. The van der Waals surface area contributed by atoms with Crippen molar-refractivity contribution in [1.29, 1.82) is 0 Å². The zero-order valence-electron chi connectivity index (χ0n) is 13.1. The van der Waals surface area contributed by atoms with Gasteiger partial charge in [0.25, 0.3) is 5.69 Å². The average molecular weight is 393 g/mol. The van der Waals surface area contributed by atoms with Crippen molar-refractivity contribution in [3.05, 3.63) is 93.4 Å². The van der Waals surface area contributed by atoms with Gasteiger partial charge in [0.2, 0.25) is 0 Å². The molecule has 122 valence electrons. The fourth-order valence-electron chi connectivity index (χ4n) is 3.08. The summed E-state index contributed by atoms with van der Waals surface area (Å²) in [6, 6.07) is 24.9. The molecule has 0 amide bonds. The number of para-hydroxylation sites is 2. The zero-order chi connectivity index (χ0) is 17.4. The van der Waals surface area contributed by atoms with E-state index in [0.717, 1.165) is 26.8 Å². The summed E-state index contributed by atoms with van der Waals surface area (Å²) in [5.41, 5.74) is 3.44. The second-order valence-electron chi connectivity index (χ2n) is 5.68. The largest absolute Gasteiger partial charge is 0.309 e. The maximum Gasteiger partial charge on any atom is 0.278 e. The Morgan fingerprint density at radius 3 is 2.36 bits per heavy atom. The van der Waals surface area contributed by atoms with Gasteiger partial charge >= 0.3 is 0 Å². The van der Waals surface area contributed by atoms with E-state index >= 15 is 0 Å². The lowest BCUT2D eigenvalue weighted by Crippen LogP contribution is -1.99. The van der Waals surface area contributed by atoms with E-state index in [1.807, 2.05) is 60.7 Å². The van der Waals surface area contributed by atoms with Crippen LogP contribution in [0.5, 0.6) is 0 Å². The van der Waals surface area contributed by atoms with Crippen LogP contribution in [0.3, 0.4) is 0 Å². The molecule has 0 aliphatic heterocycles. The first-order valence-electron chi connectivity index (χ1n) is 7.75. The third-order valence-electron chi connectivity index (χ3n) is 4.16. The van der Waals surface area contributed by atoms with Gasteiger partial charge in [0.05, 0.1) is 21.7 Å². The minimum atomic E-state index is -0.339. The number of nitro benzene ring substituents is 1. The lowest BCUT2D eigenvalue weighted by atomic mass is 10.1. The molecule has 4 aromatic rings. The van der Waals surface area contributed by atoms with Crippen molar-refractivity contribution in [2.45, 2.75) is 0 Å². The van der Waals surface area contributed by atoms with Gasteiger partial charge in [0.1, 0.15) is 0 Å². The third kappa shape index (κ3) is 2.72. The van der Waals surface area contributed by atoms with E-state index in [0.29, 0.717) is 5.56 Å². The highest BCUT2D eigenvalue weighted by atomic mass is 79.9. The minimum absolute atomic E-state index is 0.0863. The van der Waals surface area contributed by atoms with Gasteiger partial charge in [-0.3, -0.25) is 10.1 Å². The number of halogens is 1. The maximum atomic E-state index is 11.6. The van der Waals surface area contributed by atoms with Crippen molar-refractivity contribution in [2.75, 3.05) is 0 Å². The molecule has 4 nitrogen and oxygen atoms in total. The monoisotopic (exact) mass is 392 g/mol. The number of fused-ring (bicyclic) bond motifs is 1. The fourth-order valence-corrected chi connectivity index (χ4v) is 3.44. The van der Waals surface area contributed by atoms with Gasteiger partial charge in [-0.15, -0.1) is 0 Å². The molecule has 0 saturated heterocycles. The molecule has 0 N–H and O–H groups in total. The predicted octanol–water partition coefficient (Wildman–Crippen LogP) is 5.97. The van der Waals surface area contributed by atoms with Crippen LogP contribution < -0.4 is 0 Å². The first-order chi connectivity index (χ1) is 12.1. The van der Waals surface area contributed by atoms with E-state index in [4.69, 9.17) is 0 Å². The van der Waals surface area contributed by atoms with Crippen molar-refractivity contribution < 1.29 is 4.92 Å². The number of hydrogen-bond donors (Lipinski definition) is 0. The minimum Gasteiger partial charge on any atom is -0.309 e. The summed E-state index contributed by atoms with van der Waals surface area (Å²) in [6.45, 7) is 0. The van der Waals surface area contributed by atoms with Crippen LogP contribution in [-0.2, 0) is 0 Å². The normalized spacial score (nSPS) is 10.9. The zero-order valence-corrected chi connectivity index (χ0v) is 14.7. The number of rotatable bonds is 3. The second-order valence-corrected chi connectivity index (χ2v) is 6.59. The van der Waals surface area contributed by atoms with Crippen LogP contribution in [0.15, 0.2) is 83.3 Å². The average Bonchev–Trinajstić information content (AvgIpc) is 3.01. The molecule has 25 heavy (non-hydrogen) atoms. The summed E-state index contributed by atoms with van der Waals surface area (Å²) in [5.74, 6) is 0. The highest BCUT2D eigenvalue weighted by Gasteiger charge is 2.21. The molecule has 0 bridgehead atoms. The highest BCUT2D eigenvalue weighted by Crippen LogP contribution is 2.37. The molecular weight excluding hydrogens is 380 g/mol. The van der Waals surface area contributed by atoms with Crippen molar-refractivity contribution >= 4 is 32.5 Å². The summed E-state index contributed by atoms with van der Waals surface area (Å²) in [4.78, 5) is 11.2. The lowest BCUT2D eigenvalue weighted by Gasteiger charge is -2.11. The summed E-state index contributed by atoms with van der Waals surface area (Å²) in [6.07, 6.45) is 0. The predicted molar refractivity (Wildman–Crippen MR) is 103 cm³/mol. The van der Waals surface area contributed by atoms with Crippen LogP contribution in [0.1, 0.15) is 0 Å². The molecule has 0 aliphatic carbocycles. The van der Waals surface area contributed by atoms with Gasteiger partial charge in [-0.25, -0.2) is 0 Å². The SMILES string of the molecule is O=[N+]([O-])c1ccc(Br)cc1-c1cc2ccccc2n1-c1ccccc1. The number of nitrogens with zero attached hydrogens (tertiary/aromatic N) is 2. The summed E-state index contributed by atoms with van der Waals surface area (Å²) < 4.78 is 2.86. The van der Waals surface area contributed by atoms with E-state index in [9.17, 15) is 10.1 Å². The smallest absolute Gasteiger partial charge is 0.278 e. The van der Waals surface area contributed by atoms with Crippen LogP contribution in [0.4, 0.5) is 5.69 Å². The van der Waals surface area contributed by atoms with Crippen LogP contribution in [0, 0.1) is 10.1 Å². The quantitative estimate of drug-likeness (QED) is 0.318. The van der Waals surface area contributed by atoms with Crippen LogP contribution in [0.2, 0.25) is 0 Å². The molecule has 0 spiro atoms. The van der Waals surface area contributed by atoms with Crippen molar-refractivity contribution in [3.63, 3.8) is 0 Å². The highest BCUT2D eigenvalue weighted by molar-refractivity contribution is 9.10. The molecule has 0 fully saturated rings. The Labute approximate surface area is 152 Å². The van der Waals surface area contributed by atoms with Gasteiger partial charge in [0.15, 0.2) is 0 Å². The maximum absolute atomic E-state index is 11.6. The van der Waals surface area contributed by atoms with Crippen molar-refractivity contribution in [3.8, 4) is 16.9 Å². The molecule has 3 aromatic carbocycles. The summed E-state index contributed by atoms with van der Waals surface area (Å²) in [7, 11) is 0. The molecule has 5 heteroatoms. The van der Waals surface area contributed by atoms with Crippen molar-refractivity contribution in [1.82, 2.24) is 4.57 Å². The summed E-state index contributed by atoms with van der Waals surface area (Å²) in [5, 5.41) is 12.6. The van der Waals surface area contributed by atoms with Gasteiger partial charge in [-0.2, -0.15) is 0 Å². The van der Waals surface area contributed by atoms with Crippen LogP contribution in [-0.4, -0.2) is 9.49 Å². The summed E-state index contributed by atoms with van der Waals surface area (Å²) >= 11 is 3.44. The Morgan fingerprint density at radius 1 is 0.880 bits per heavy atom. The molecule has 4 rings (SSSR count). The number of aromatic nitrogens is 1. The van der Waals surface area contributed by atoms with E-state index < -0.39 is 0 Å². The van der Waals surface area contributed by atoms with Crippen LogP contribution >= 0.6 is 15.9 Å². The lowest BCUT2D eigenvalue weighted by molar-refractivity contribution is -0.384. The molecule has 0 unspecified atom stereocenters. The van der Waals surface area contributed by atoms with E-state index in [2.05, 4.69) is 20.5 Å². The Balaban J connectivity index is 2.10. The molecular formula is C20H13BrN2O2. The fraction of sp³-hybridized carbons (Fsp3) is 0. The van der Waals surface area contributed by atoms with E-state index in [1.165, 1.54) is 6.07 Å². The molecule has 1 heterocycles. The number of benzene rings is 3. The Kier molecular flexibility index (Phi) is 3.86. The van der Waals surface area contributed by atoms with Crippen molar-refractivity contribution in [2.24, 2.45) is 0 Å². The Hall–Kier alpha value is -2.92. The Morgan fingerprint density at radius 2 is 1.60 bits per heavy atom. The van der Waals surface area contributed by atoms with Crippen LogP contribution in [0.25, 0.3) is 27.8 Å². The number of hydrogen-bond acceptors (Lipinski definition) is 2. The molecule has 0 saturated carbocycles. The molecule has 1 aromatic heterocycles. The van der Waals surface area contributed by atoms with Gasteiger partial charge in [-0.05, 0) is 36.4 Å². The third-order valence-corrected chi connectivity index (χ3v) is 4.65. The van der Waals surface area contributed by atoms with Gasteiger partial charge in [-0.1, -0.05) is 52.3 Å². The van der Waals surface area contributed by atoms with E-state index in [-0.39, 0.29) is 10.6 Å².